The Balaban J connectivity index is 1.41. The van der Waals surface area contributed by atoms with Crippen molar-refractivity contribution in [2.24, 2.45) is 5.92 Å². The van der Waals surface area contributed by atoms with Crippen molar-refractivity contribution in [1.82, 2.24) is 20.2 Å². The molecule has 12 heteroatoms. The molecule has 42 heavy (non-hydrogen) atoms. The quantitative estimate of drug-likeness (QED) is 0.256. The molecule has 0 radical (unpaired) electrons. The molecule has 3 unspecified atom stereocenters. The van der Waals surface area contributed by atoms with Crippen molar-refractivity contribution >= 4 is 29.4 Å². The van der Waals surface area contributed by atoms with Crippen LogP contribution in [0.2, 0.25) is 0 Å². The summed E-state index contributed by atoms with van der Waals surface area (Å²) in [6, 6.07) is 7.26. The lowest BCUT2D eigenvalue weighted by atomic mass is 9.87. The molecule has 4 heterocycles. The van der Waals surface area contributed by atoms with Gasteiger partial charge in [-0.2, -0.15) is 0 Å². The van der Waals surface area contributed by atoms with Gasteiger partial charge in [0.25, 0.3) is 0 Å². The maximum absolute atomic E-state index is 14.2. The van der Waals surface area contributed by atoms with Gasteiger partial charge in [0, 0.05) is 40.6 Å². The van der Waals surface area contributed by atoms with Crippen LogP contribution in [-0.2, 0) is 14.3 Å². The van der Waals surface area contributed by atoms with Gasteiger partial charge in [-0.3, -0.25) is 9.69 Å². The second-order valence-electron chi connectivity index (χ2n) is 11.4. The number of likely N-dealkylation sites (tertiary alicyclic amines) is 1. The van der Waals surface area contributed by atoms with Gasteiger partial charge < -0.3 is 30.1 Å². The summed E-state index contributed by atoms with van der Waals surface area (Å²) in [5.74, 6) is -0.0500. The number of aromatic nitrogens is 2. The van der Waals surface area contributed by atoms with Crippen LogP contribution in [0, 0.1) is 5.92 Å². The lowest BCUT2D eigenvalue weighted by Crippen LogP contribution is -2.67. The van der Waals surface area contributed by atoms with Crippen molar-refractivity contribution in [3.63, 3.8) is 0 Å². The number of carbonyl (C=O) groups is 1. The topological polar surface area (TPSA) is 137 Å². The molecule has 3 aliphatic rings. The Labute approximate surface area is 255 Å². The number of aliphatic hydroxyl groups excluding tert-OH is 3. The molecule has 0 bridgehead atoms. The van der Waals surface area contributed by atoms with Crippen LogP contribution in [0.4, 0.5) is 0 Å². The molecule has 1 aromatic carbocycles. The number of hydrogen-bond acceptors (Lipinski definition) is 11. The summed E-state index contributed by atoms with van der Waals surface area (Å²) >= 11 is 2.78. The second-order valence-corrected chi connectivity index (χ2v) is 13.8. The monoisotopic (exact) mass is 616 g/mol. The van der Waals surface area contributed by atoms with Crippen molar-refractivity contribution in [2.45, 2.75) is 78.0 Å². The van der Waals surface area contributed by atoms with Crippen molar-refractivity contribution in [3.05, 3.63) is 55.1 Å². The van der Waals surface area contributed by atoms with Crippen LogP contribution >= 0.6 is 23.5 Å². The second kappa shape index (κ2) is 13.3. The molecule has 0 spiro atoms. The van der Waals surface area contributed by atoms with E-state index in [0.29, 0.717) is 13.2 Å². The number of ether oxygens (including phenoxy) is 2. The van der Waals surface area contributed by atoms with E-state index < -0.39 is 41.4 Å². The first kappa shape index (κ1) is 31.4. The Morgan fingerprint density at radius 2 is 1.81 bits per heavy atom. The van der Waals surface area contributed by atoms with Crippen molar-refractivity contribution in [1.29, 1.82) is 0 Å². The number of nitrogens with one attached hydrogen (secondary N) is 1. The summed E-state index contributed by atoms with van der Waals surface area (Å²) in [6.07, 6.45) is 6.37. The van der Waals surface area contributed by atoms with Gasteiger partial charge >= 0.3 is 0 Å². The van der Waals surface area contributed by atoms with Crippen LogP contribution < -0.4 is 5.32 Å². The number of rotatable bonds is 8. The Kier molecular flexibility index (Phi) is 9.95. The highest BCUT2D eigenvalue weighted by Gasteiger charge is 2.56. The zero-order valence-corrected chi connectivity index (χ0v) is 25.9. The van der Waals surface area contributed by atoms with Gasteiger partial charge in [0.05, 0.1) is 18.8 Å². The smallest absolute Gasteiger partial charge is 0.243 e. The molecule has 5 rings (SSSR count). The summed E-state index contributed by atoms with van der Waals surface area (Å²) in [5.41, 5.74) is 0.177. The molecule has 10 atom stereocenters. The third-order valence-corrected chi connectivity index (χ3v) is 10.9. The first-order valence-electron chi connectivity index (χ1n) is 14.2. The van der Waals surface area contributed by atoms with E-state index in [-0.39, 0.29) is 23.2 Å². The Morgan fingerprint density at radius 1 is 1.10 bits per heavy atom. The van der Waals surface area contributed by atoms with E-state index in [1.807, 2.05) is 56.1 Å². The Bertz CT molecular complexity index is 1240. The number of aliphatic hydroxyl groups is 3. The number of allylic oxidation sites excluding steroid dienone is 1. The Morgan fingerprint density at radius 3 is 2.50 bits per heavy atom. The van der Waals surface area contributed by atoms with E-state index in [1.54, 1.807) is 18.6 Å². The van der Waals surface area contributed by atoms with Gasteiger partial charge in [-0.25, -0.2) is 9.97 Å². The van der Waals surface area contributed by atoms with Gasteiger partial charge in [-0.15, -0.1) is 23.5 Å². The number of benzene rings is 1. The first-order valence-corrected chi connectivity index (χ1v) is 16.3. The first-order chi connectivity index (χ1) is 20.1. The third-order valence-electron chi connectivity index (χ3n) is 8.79. The number of amides is 1. The van der Waals surface area contributed by atoms with Gasteiger partial charge in [-0.05, 0) is 44.3 Å². The highest BCUT2D eigenvalue weighted by atomic mass is 32.2. The number of thioether (sulfide) groups is 2. The number of hydrogen-bond donors (Lipinski definition) is 4. The van der Waals surface area contributed by atoms with Crippen LogP contribution in [-0.4, -0.2) is 115 Å². The minimum absolute atomic E-state index is 0.178. The minimum Gasteiger partial charge on any atom is -0.388 e. The number of carbonyl (C=O) groups excluding carboxylic acids is 1. The average molecular weight is 617 g/mol. The molecule has 4 N–H and O–H groups in total. The highest BCUT2D eigenvalue weighted by molar-refractivity contribution is 8.00. The molecule has 1 aromatic heterocycles. The summed E-state index contributed by atoms with van der Waals surface area (Å²) < 4.78 is 12.4. The van der Waals surface area contributed by atoms with E-state index >= 15 is 0 Å². The average Bonchev–Trinajstić information content (AvgIpc) is 3.12. The SMILES string of the molecule is CSC1O[C@H]([C@H](NC(=O)[C@]2(C)[C@@H]3OCC=CC[C@H]3CN2C)[C@H](C)Sc2ccc(-c3cncnc3)cc2)C(O)C(O)[C@H]1O. The van der Waals surface area contributed by atoms with Crippen molar-refractivity contribution in [2.75, 3.05) is 26.5 Å². The van der Waals surface area contributed by atoms with Crippen LogP contribution in [0.3, 0.4) is 0 Å². The van der Waals surface area contributed by atoms with Gasteiger partial charge in [0.1, 0.15) is 41.7 Å². The predicted octanol–water partition coefficient (Wildman–Crippen LogP) is 1.94. The summed E-state index contributed by atoms with van der Waals surface area (Å²) in [5, 5.41) is 35.3. The fourth-order valence-electron chi connectivity index (χ4n) is 6.20. The van der Waals surface area contributed by atoms with Crippen LogP contribution in [0.15, 0.2) is 60.0 Å². The van der Waals surface area contributed by atoms with Gasteiger partial charge in [0.2, 0.25) is 5.91 Å². The fourth-order valence-corrected chi connectivity index (χ4v) is 7.97. The predicted molar refractivity (Wildman–Crippen MR) is 163 cm³/mol. The molecule has 228 valence electrons. The molecular formula is C30H40N4O6S2. The summed E-state index contributed by atoms with van der Waals surface area (Å²) in [4.78, 5) is 25.4. The highest BCUT2D eigenvalue weighted by Crippen LogP contribution is 2.39. The zero-order chi connectivity index (χ0) is 30.0. The number of nitrogens with zero attached hydrogens (tertiary/aromatic N) is 3. The maximum Gasteiger partial charge on any atom is 0.243 e. The molecule has 2 fully saturated rings. The van der Waals surface area contributed by atoms with Crippen LogP contribution in [0.1, 0.15) is 20.3 Å². The molecule has 0 saturated carbocycles. The summed E-state index contributed by atoms with van der Waals surface area (Å²) in [6.45, 7) is 5.03. The molecule has 1 amide bonds. The zero-order valence-electron chi connectivity index (χ0n) is 24.2. The number of likely N-dealkylation sites (N-methyl/N-ethyl adjacent to an activating group) is 1. The summed E-state index contributed by atoms with van der Waals surface area (Å²) in [7, 11) is 1.93. The van der Waals surface area contributed by atoms with E-state index in [2.05, 4.69) is 21.4 Å². The molecule has 2 saturated heterocycles. The van der Waals surface area contributed by atoms with E-state index in [0.717, 1.165) is 22.4 Å². The molecule has 3 aliphatic heterocycles. The largest absolute Gasteiger partial charge is 0.388 e. The van der Waals surface area contributed by atoms with E-state index in [4.69, 9.17) is 9.47 Å². The van der Waals surface area contributed by atoms with E-state index in [1.165, 1.54) is 29.9 Å². The van der Waals surface area contributed by atoms with Crippen LogP contribution in [0.25, 0.3) is 11.1 Å². The third kappa shape index (κ3) is 6.14. The molecule has 2 aromatic rings. The van der Waals surface area contributed by atoms with Crippen molar-refractivity contribution < 1.29 is 29.6 Å². The molecule has 10 nitrogen and oxygen atoms in total. The molecular weight excluding hydrogens is 576 g/mol. The van der Waals surface area contributed by atoms with Crippen LogP contribution in [0.5, 0.6) is 0 Å². The molecule has 0 aliphatic carbocycles. The lowest BCUT2D eigenvalue weighted by molar-refractivity contribution is -0.205. The maximum atomic E-state index is 14.2. The lowest BCUT2D eigenvalue weighted by Gasteiger charge is -2.45. The van der Waals surface area contributed by atoms with Crippen molar-refractivity contribution in [3.8, 4) is 11.1 Å². The normalized spacial score (nSPS) is 34.8. The minimum atomic E-state index is -1.42. The van der Waals surface area contributed by atoms with Gasteiger partial charge in [-0.1, -0.05) is 31.2 Å². The Hall–Kier alpha value is -2.03. The van der Waals surface area contributed by atoms with E-state index in [9.17, 15) is 20.1 Å². The van der Waals surface area contributed by atoms with Gasteiger partial charge in [0.15, 0.2) is 0 Å². The standard InChI is InChI=1S/C30H40N4O6S2/c1-17(42-21-10-8-18(9-11-21)20-13-31-16-32-14-20)22(26-24(36)23(35)25(37)28(40-26)41-4)33-29(38)30(2)27-19(15-34(30)3)7-5-6-12-39-27/h5-6,8-11,13-14,16-17,19,22-28,35-37H,7,12,15H2,1-4H3,(H,33,38)/t17-,19-,22+,23?,24?,25+,26+,27+,28?,30-/m0/s1. The fraction of sp³-hybridized carbons (Fsp3) is 0.567. The number of fused-ring (bicyclic) bond motifs is 1.